The maximum atomic E-state index is 12.0. The molecule has 0 aromatic carbocycles. The third-order valence-corrected chi connectivity index (χ3v) is 4.10. The molecule has 6 heteroatoms. The molecule has 1 aromatic heterocycles. The highest BCUT2D eigenvalue weighted by Gasteiger charge is 2.59. The lowest BCUT2D eigenvalue weighted by Crippen LogP contribution is -2.36. The van der Waals surface area contributed by atoms with Crippen LogP contribution in [0.1, 0.15) is 38.1 Å². The van der Waals surface area contributed by atoms with Gasteiger partial charge in [0.15, 0.2) is 5.76 Å². The number of anilines is 1. The average Bonchev–Trinajstić information content (AvgIpc) is 2.70. The number of fused-ring (bicyclic) bond motifs is 1. The van der Waals surface area contributed by atoms with Gasteiger partial charge in [-0.1, -0.05) is 5.16 Å². The van der Waals surface area contributed by atoms with Crippen LogP contribution in [0.2, 0.25) is 0 Å². The predicted octanol–water partition coefficient (Wildman–Crippen LogP) is 2.15. The van der Waals surface area contributed by atoms with Gasteiger partial charge in [-0.15, -0.1) is 0 Å². The third-order valence-electron chi connectivity index (χ3n) is 4.10. The number of amides is 1. The van der Waals surface area contributed by atoms with E-state index in [2.05, 4.69) is 5.16 Å². The van der Waals surface area contributed by atoms with Crippen molar-refractivity contribution in [3.8, 4) is 0 Å². The molecular weight excluding hydrogens is 258 g/mol. The van der Waals surface area contributed by atoms with Crippen molar-refractivity contribution >= 4 is 11.8 Å². The Hall–Kier alpha value is -1.72. The SMILES string of the molecule is Cc1onc(C2[C@H]3CN(C(=O)OC(C)(C)C)C[C@@H]23)c1N. The molecule has 20 heavy (non-hydrogen) atoms. The first-order valence-electron chi connectivity index (χ1n) is 6.97. The second kappa shape index (κ2) is 4.14. The van der Waals surface area contributed by atoms with Crippen molar-refractivity contribution < 1.29 is 14.1 Å². The number of aryl methyl sites for hydroxylation is 1. The van der Waals surface area contributed by atoms with Crippen molar-refractivity contribution in [2.45, 2.75) is 39.2 Å². The lowest BCUT2D eigenvalue weighted by molar-refractivity contribution is 0.0270. The zero-order valence-electron chi connectivity index (χ0n) is 12.3. The Labute approximate surface area is 118 Å². The van der Waals surface area contributed by atoms with Crippen molar-refractivity contribution in [3.05, 3.63) is 11.5 Å². The maximum Gasteiger partial charge on any atom is 0.410 e. The molecule has 1 amide bonds. The molecule has 110 valence electrons. The summed E-state index contributed by atoms with van der Waals surface area (Å²) in [4.78, 5) is 13.8. The number of aromatic nitrogens is 1. The summed E-state index contributed by atoms with van der Waals surface area (Å²) >= 11 is 0. The summed E-state index contributed by atoms with van der Waals surface area (Å²) < 4.78 is 10.5. The van der Waals surface area contributed by atoms with Gasteiger partial charge in [0.1, 0.15) is 11.3 Å². The van der Waals surface area contributed by atoms with Gasteiger partial charge in [-0.25, -0.2) is 4.79 Å². The Bertz CT molecular complexity index is 534. The van der Waals surface area contributed by atoms with Gasteiger partial charge in [-0.2, -0.15) is 0 Å². The van der Waals surface area contributed by atoms with Gasteiger partial charge in [0, 0.05) is 19.0 Å². The van der Waals surface area contributed by atoms with E-state index in [9.17, 15) is 4.79 Å². The van der Waals surface area contributed by atoms with Gasteiger partial charge >= 0.3 is 6.09 Å². The molecule has 3 rings (SSSR count). The smallest absolute Gasteiger partial charge is 0.410 e. The number of piperidine rings is 1. The number of nitrogens with zero attached hydrogens (tertiary/aromatic N) is 2. The van der Waals surface area contributed by atoms with Crippen LogP contribution in [-0.4, -0.2) is 34.8 Å². The van der Waals surface area contributed by atoms with Crippen LogP contribution in [0.5, 0.6) is 0 Å². The molecule has 1 saturated carbocycles. The maximum absolute atomic E-state index is 12.0. The van der Waals surface area contributed by atoms with Gasteiger partial charge in [-0.3, -0.25) is 0 Å². The summed E-state index contributed by atoms with van der Waals surface area (Å²) in [7, 11) is 0. The average molecular weight is 279 g/mol. The van der Waals surface area contributed by atoms with Crippen molar-refractivity contribution in [3.63, 3.8) is 0 Å². The van der Waals surface area contributed by atoms with Crippen LogP contribution in [0.25, 0.3) is 0 Å². The number of nitrogens with two attached hydrogens (primary N) is 1. The Morgan fingerprint density at radius 1 is 1.40 bits per heavy atom. The number of likely N-dealkylation sites (tertiary alicyclic amines) is 1. The molecule has 3 atom stereocenters. The second-order valence-corrected chi connectivity index (χ2v) is 6.78. The number of nitrogen functional groups attached to an aromatic ring is 1. The quantitative estimate of drug-likeness (QED) is 0.851. The normalized spacial score (nSPS) is 28.4. The number of carbonyl (C=O) groups excluding carboxylic acids is 1. The highest BCUT2D eigenvalue weighted by molar-refractivity contribution is 5.69. The van der Waals surface area contributed by atoms with E-state index in [1.807, 2.05) is 27.7 Å². The highest BCUT2D eigenvalue weighted by atomic mass is 16.6. The second-order valence-electron chi connectivity index (χ2n) is 6.78. The van der Waals surface area contributed by atoms with Crippen molar-refractivity contribution in [1.82, 2.24) is 10.1 Å². The zero-order valence-corrected chi connectivity index (χ0v) is 12.3. The van der Waals surface area contributed by atoms with Crippen LogP contribution < -0.4 is 5.73 Å². The van der Waals surface area contributed by atoms with E-state index in [-0.39, 0.29) is 6.09 Å². The van der Waals surface area contributed by atoms with E-state index in [0.717, 1.165) is 18.8 Å². The number of carbonyl (C=O) groups is 1. The number of rotatable bonds is 1. The lowest BCUT2D eigenvalue weighted by Gasteiger charge is -2.25. The molecule has 2 aliphatic rings. The molecule has 6 nitrogen and oxygen atoms in total. The summed E-state index contributed by atoms with van der Waals surface area (Å²) in [6.45, 7) is 8.89. The zero-order chi connectivity index (χ0) is 14.7. The van der Waals surface area contributed by atoms with Gasteiger partial charge in [-0.05, 0) is 39.5 Å². The Morgan fingerprint density at radius 2 is 2.00 bits per heavy atom. The fraction of sp³-hybridized carbons (Fsp3) is 0.714. The van der Waals surface area contributed by atoms with E-state index in [1.54, 1.807) is 4.90 Å². The Kier molecular flexibility index (Phi) is 2.74. The first-order valence-corrected chi connectivity index (χ1v) is 6.97. The largest absolute Gasteiger partial charge is 0.444 e. The summed E-state index contributed by atoms with van der Waals surface area (Å²) in [5, 5.41) is 4.05. The Balaban J connectivity index is 1.61. The van der Waals surface area contributed by atoms with Crippen LogP contribution in [0, 0.1) is 18.8 Å². The molecule has 1 aromatic rings. The molecule has 2 N–H and O–H groups in total. The molecule has 1 aliphatic carbocycles. The van der Waals surface area contributed by atoms with Crippen LogP contribution in [0.3, 0.4) is 0 Å². The minimum Gasteiger partial charge on any atom is -0.444 e. The summed E-state index contributed by atoms with van der Waals surface area (Å²) in [5.74, 6) is 1.89. The van der Waals surface area contributed by atoms with Crippen LogP contribution >= 0.6 is 0 Å². The van der Waals surface area contributed by atoms with Crippen LogP contribution in [0.4, 0.5) is 10.5 Å². The predicted molar refractivity (Wildman–Crippen MR) is 73.2 cm³/mol. The van der Waals surface area contributed by atoms with Gasteiger partial charge in [0.05, 0.1) is 5.69 Å². The molecule has 1 unspecified atom stereocenters. The summed E-state index contributed by atoms with van der Waals surface area (Å²) in [5.41, 5.74) is 7.04. The molecule has 1 aliphatic heterocycles. The van der Waals surface area contributed by atoms with Crippen molar-refractivity contribution in [1.29, 1.82) is 0 Å². The summed E-state index contributed by atoms with van der Waals surface area (Å²) in [6.07, 6.45) is -0.229. The monoisotopic (exact) mass is 279 g/mol. The van der Waals surface area contributed by atoms with Gasteiger partial charge in [0.2, 0.25) is 0 Å². The third kappa shape index (κ3) is 2.13. The minimum absolute atomic E-state index is 0.229. The van der Waals surface area contributed by atoms with Crippen LogP contribution in [0.15, 0.2) is 4.52 Å². The molecule has 0 bridgehead atoms. The topological polar surface area (TPSA) is 81.6 Å². The molecule has 0 radical (unpaired) electrons. The van der Waals surface area contributed by atoms with E-state index in [0.29, 0.717) is 29.2 Å². The first-order chi connectivity index (χ1) is 9.28. The molecule has 1 saturated heterocycles. The molecule has 2 heterocycles. The van der Waals surface area contributed by atoms with Gasteiger partial charge in [0.25, 0.3) is 0 Å². The molecular formula is C14H21N3O3. The lowest BCUT2D eigenvalue weighted by atomic mass is 10.1. The van der Waals surface area contributed by atoms with E-state index < -0.39 is 5.60 Å². The first kappa shape index (κ1) is 13.3. The van der Waals surface area contributed by atoms with E-state index >= 15 is 0 Å². The standard InChI is InChI=1S/C14H21N3O3/c1-7-11(15)12(16-20-7)10-8-5-17(6-9(8)10)13(18)19-14(2,3)4/h8-10H,5-6,15H2,1-4H3/t8-,9+,10?. The van der Waals surface area contributed by atoms with Crippen LogP contribution in [-0.2, 0) is 4.74 Å². The van der Waals surface area contributed by atoms with Gasteiger partial charge < -0.3 is 19.9 Å². The Morgan fingerprint density at radius 3 is 2.45 bits per heavy atom. The molecule has 0 spiro atoms. The number of hydrogen-bond acceptors (Lipinski definition) is 5. The number of ether oxygens (including phenoxy) is 1. The highest BCUT2D eigenvalue weighted by Crippen LogP contribution is 2.59. The van der Waals surface area contributed by atoms with Crippen molar-refractivity contribution in [2.24, 2.45) is 11.8 Å². The minimum atomic E-state index is -0.448. The van der Waals surface area contributed by atoms with Crippen molar-refractivity contribution in [2.75, 3.05) is 18.8 Å². The van der Waals surface area contributed by atoms with E-state index in [1.165, 1.54) is 0 Å². The number of hydrogen-bond donors (Lipinski definition) is 1. The van der Waals surface area contributed by atoms with E-state index in [4.69, 9.17) is 15.0 Å². The fourth-order valence-corrected chi connectivity index (χ4v) is 3.04. The molecule has 2 fully saturated rings. The fourth-order valence-electron chi connectivity index (χ4n) is 3.04. The summed E-state index contributed by atoms with van der Waals surface area (Å²) in [6, 6.07) is 0.